The van der Waals surface area contributed by atoms with Gasteiger partial charge in [-0.3, -0.25) is 0 Å². The Morgan fingerprint density at radius 2 is 2.00 bits per heavy atom. The fourth-order valence-electron chi connectivity index (χ4n) is 0.564. The Morgan fingerprint density at radius 3 is 2.44 bits per heavy atom. The Morgan fingerprint density at radius 1 is 1.33 bits per heavy atom. The highest BCUT2D eigenvalue weighted by Gasteiger charge is 1.76. The van der Waals surface area contributed by atoms with Crippen molar-refractivity contribution >= 4 is 0 Å². The minimum absolute atomic E-state index is 1.06. The third-order valence-corrected chi connectivity index (χ3v) is 1.02. The molecule has 0 radical (unpaired) electrons. The monoisotopic (exact) mass is 125 g/mol. The number of rotatable bonds is 3. The molecule has 0 saturated heterocycles. The molecule has 0 saturated carbocycles. The van der Waals surface area contributed by atoms with Crippen LogP contribution in [-0.4, -0.2) is 0 Å². The van der Waals surface area contributed by atoms with E-state index in [9.17, 15) is 0 Å². The van der Waals surface area contributed by atoms with Crippen molar-refractivity contribution in [1.29, 1.82) is 0 Å². The molecule has 0 aromatic carbocycles. The topological polar surface area (TPSA) is 26.0 Å². The van der Waals surface area contributed by atoms with E-state index in [0.29, 0.717) is 0 Å². The van der Waals surface area contributed by atoms with Crippen LogP contribution in [0.5, 0.6) is 0 Å². The van der Waals surface area contributed by atoms with Crippen molar-refractivity contribution in [2.75, 3.05) is 0 Å². The lowest BCUT2D eigenvalue weighted by molar-refractivity contribution is 1.03. The molecule has 0 aliphatic rings. The van der Waals surface area contributed by atoms with Gasteiger partial charge in [0.2, 0.25) is 0 Å². The Bertz CT molecular complexity index is 108. The van der Waals surface area contributed by atoms with Gasteiger partial charge in [-0.15, -0.1) is 0 Å². The second-order valence-corrected chi connectivity index (χ2v) is 2.29. The minimum Gasteiger partial charge on any atom is -0.405 e. The van der Waals surface area contributed by atoms with Crippen molar-refractivity contribution in [3.63, 3.8) is 0 Å². The smallest absolute Gasteiger partial charge is 0.0103 e. The largest absolute Gasteiger partial charge is 0.405 e. The van der Waals surface area contributed by atoms with Gasteiger partial charge in [-0.1, -0.05) is 17.7 Å². The van der Waals surface area contributed by atoms with Crippen molar-refractivity contribution in [2.45, 2.75) is 26.7 Å². The van der Waals surface area contributed by atoms with E-state index < -0.39 is 0 Å². The number of nitrogens with two attached hydrogens (primary N) is 1. The molecule has 0 aromatic heterocycles. The van der Waals surface area contributed by atoms with E-state index in [4.69, 9.17) is 5.73 Å². The molecule has 2 N–H and O–H groups in total. The van der Waals surface area contributed by atoms with Crippen LogP contribution in [0, 0.1) is 0 Å². The standard InChI is InChI=1S/C8H15N/c1-8(2)6-4-3-5-7-9/h5-7H,3-4,9H2,1-2H3/b7-5+. The zero-order chi connectivity index (χ0) is 7.11. The Hall–Kier alpha value is -0.720. The van der Waals surface area contributed by atoms with Crippen molar-refractivity contribution in [2.24, 2.45) is 5.73 Å². The lowest BCUT2D eigenvalue weighted by Crippen LogP contribution is -1.75. The van der Waals surface area contributed by atoms with E-state index in [1.165, 1.54) is 5.57 Å². The first-order chi connectivity index (χ1) is 4.27. The molecule has 0 amide bonds. The molecule has 0 rings (SSSR count). The summed E-state index contributed by atoms with van der Waals surface area (Å²) in [6.07, 6.45) is 7.94. The molecule has 0 bridgehead atoms. The molecule has 0 heterocycles. The zero-order valence-electron chi connectivity index (χ0n) is 6.22. The lowest BCUT2D eigenvalue weighted by atomic mass is 10.2. The molecular weight excluding hydrogens is 110 g/mol. The van der Waals surface area contributed by atoms with Crippen molar-refractivity contribution in [3.05, 3.63) is 23.9 Å². The minimum atomic E-state index is 1.06. The van der Waals surface area contributed by atoms with Gasteiger partial charge in [0.1, 0.15) is 0 Å². The summed E-state index contributed by atoms with van der Waals surface area (Å²) in [7, 11) is 0. The van der Waals surface area contributed by atoms with Gasteiger partial charge in [-0.25, -0.2) is 0 Å². The molecule has 0 aliphatic carbocycles. The number of hydrogen-bond acceptors (Lipinski definition) is 1. The average molecular weight is 125 g/mol. The molecule has 0 spiro atoms. The molecule has 1 heteroatoms. The summed E-state index contributed by atoms with van der Waals surface area (Å²) in [6.45, 7) is 4.21. The van der Waals surface area contributed by atoms with Crippen molar-refractivity contribution < 1.29 is 0 Å². The highest BCUT2D eigenvalue weighted by molar-refractivity contribution is 4.94. The summed E-state index contributed by atoms with van der Waals surface area (Å²) in [5.41, 5.74) is 6.52. The van der Waals surface area contributed by atoms with Gasteiger partial charge in [0, 0.05) is 0 Å². The second kappa shape index (κ2) is 5.42. The number of allylic oxidation sites excluding steroid dienone is 3. The summed E-state index contributed by atoms with van der Waals surface area (Å²) in [4.78, 5) is 0. The van der Waals surface area contributed by atoms with Crippen LogP contribution in [0.15, 0.2) is 23.9 Å². The molecule has 9 heavy (non-hydrogen) atoms. The van der Waals surface area contributed by atoms with E-state index >= 15 is 0 Å². The fourth-order valence-corrected chi connectivity index (χ4v) is 0.564. The SMILES string of the molecule is CC(C)=CCC/C=C/N. The first kappa shape index (κ1) is 8.28. The van der Waals surface area contributed by atoms with Crippen molar-refractivity contribution in [3.8, 4) is 0 Å². The lowest BCUT2D eigenvalue weighted by Gasteiger charge is -1.87. The number of hydrogen-bond donors (Lipinski definition) is 1. The van der Waals surface area contributed by atoms with Crippen LogP contribution in [0.1, 0.15) is 26.7 Å². The van der Waals surface area contributed by atoms with E-state index in [1.807, 2.05) is 6.08 Å². The molecule has 0 atom stereocenters. The van der Waals surface area contributed by atoms with Gasteiger partial charge in [0.05, 0.1) is 0 Å². The third kappa shape index (κ3) is 7.28. The molecule has 0 aromatic rings. The van der Waals surface area contributed by atoms with Crippen LogP contribution in [0.3, 0.4) is 0 Å². The van der Waals surface area contributed by atoms with E-state index in [-0.39, 0.29) is 0 Å². The molecule has 0 unspecified atom stereocenters. The van der Waals surface area contributed by atoms with Crippen LogP contribution >= 0.6 is 0 Å². The van der Waals surface area contributed by atoms with Crippen molar-refractivity contribution in [1.82, 2.24) is 0 Å². The fraction of sp³-hybridized carbons (Fsp3) is 0.500. The molecule has 0 fully saturated rings. The predicted octanol–water partition coefficient (Wildman–Crippen LogP) is 2.21. The molecule has 52 valence electrons. The highest BCUT2D eigenvalue weighted by Crippen LogP contribution is 1.96. The Kier molecular flexibility index (Phi) is 4.98. The zero-order valence-corrected chi connectivity index (χ0v) is 6.22. The van der Waals surface area contributed by atoms with E-state index in [0.717, 1.165) is 12.8 Å². The van der Waals surface area contributed by atoms with Gasteiger partial charge in [0.15, 0.2) is 0 Å². The third-order valence-electron chi connectivity index (χ3n) is 1.02. The van der Waals surface area contributed by atoms with Gasteiger partial charge < -0.3 is 5.73 Å². The van der Waals surface area contributed by atoms with Crippen LogP contribution in [0.4, 0.5) is 0 Å². The summed E-state index contributed by atoms with van der Waals surface area (Å²) in [5, 5.41) is 0. The van der Waals surface area contributed by atoms with E-state index in [1.54, 1.807) is 6.20 Å². The van der Waals surface area contributed by atoms with Crippen LogP contribution in [0.2, 0.25) is 0 Å². The first-order valence-electron chi connectivity index (χ1n) is 3.27. The van der Waals surface area contributed by atoms with Gasteiger partial charge in [-0.05, 0) is 32.9 Å². The van der Waals surface area contributed by atoms with E-state index in [2.05, 4.69) is 19.9 Å². The van der Waals surface area contributed by atoms with Crippen LogP contribution < -0.4 is 5.73 Å². The molecular formula is C8H15N. The number of unbranched alkanes of at least 4 members (excludes halogenated alkanes) is 1. The summed E-state index contributed by atoms with van der Waals surface area (Å²) < 4.78 is 0. The average Bonchev–Trinajstić information content (AvgIpc) is 1.80. The quantitative estimate of drug-likeness (QED) is 0.454. The molecule has 0 aliphatic heterocycles. The Labute approximate surface area is 57.3 Å². The maximum absolute atomic E-state index is 5.14. The highest BCUT2D eigenvalue weighted by atomic mass is 14.5. The second-order valence-electron chi connectivity index (χ2n) is 2.29. The summed E-state index contributed by atoms with van der Waals surface area (Å²) in [6, 6.07) is 0. The first-order valence-corrected chi connectivity index (χ1v) is 3.27. The van der Waals surface area contributed by atoms with Gasteiger partial charge >= 0.3 is 0 Å². The predicted molar refractivity (Wildman–Crippen MR) is 42.0 cm³/mol. The normalized spacial score (nSPS) is 10.0. The summed E-state index contributed by atoms with van der Waals surface area (Å²) >= 11 is 0. The van der Waals surface area contributed by atoms with Gasteiger partial charge in [0.25, 0.3) is 0 Å². The van der Waals surface area contributed by atoms with Crippen LogP contribution in [-0.2, 0) is 0 Å². The summed E-state index contributed by atoms with van der Waals surface area (Å²) in [5.74, 6) is 0. The Balaban J connectivity index is 3.20. The van der Waals surface area contributed by atoms with Gasteiger partial charge in [-0.2, -0.15) is 0 Å². The molecule has 1 nitrogen and oxygen atoms in total. The van der Waals surface area contributed by atoms with Crippen LogP contribution in [0.25, 0.3) is 0 Å². The maximum Gasteiger partial charge on any atom is -0.0103 e. The maximum atomic E-state index is 5.14.